The first-order valence-electron chi connectivity index (χ1n) is 7.42. The van der Waals surface area contributed by atoms with Gasteiger partial charge in [-0.2, -0.15) is 0 Å². The van der Waals surface area contributed by atoms with Gasteiger partial charge in [-0.05, 0) is 51.2 Å². The van der Waals surface area contributed by atoms with E-state index in [9.17, 15) is 0 Å². The molecule has 3 nitrogen and oxygen atoms in total. The molecule has 1 aliphatic heterocycles. The first-order valence-corrected chi connectivity index (χ1v) is 7.42. The molecule has 0 bridgehead atoms. The fourth-order valence-corrected chi connectivity index (χ4v) is 2.84. The second kappa shape index (κ2) is 6.92. The van der Waals surface area contributed by atoms with Gasteiger partial charge >= 0.3 is 0 Å². The Morgan fingerprint density at radius 3 is 2.63 bits per heavy atom. The molecule has 3 heteroatoms. The standard InChI is InChI=1S/C16H27N3/c1-4-17-13-14-7-5-6-8-16(14)19(3)15-9-11-18(2)12-10-15/h5-8,15,17H,4,9-13H2,1-3H3. The van der Waals surface area contributed by atoms with E-state index in [-0.39, 0.29) is 0 Å². The number of para-hydroxylation sites is 1. The van der Waals surface area contributed by atoms with Crippen LogP contribution in [0.3, 0.4) is 0 Å². The Hall–Kier alpha value is -1.06. The lowest BCUT2D eigenvalue weighted by Crippen LogP contribution is -2.42. The first kappa shape index (κ1) is 14.4. The van der Waals surface area contributed by atoms with Gasteiger partial charge in [0.2, 0.25) is 0 Å². The number of hydrogen-bond acceptors (Lipinski definition) is 3. The molecule has 0 aliphatic carbocycles. The number of likely N-dealkylation sites (tertiary alicyclic amines) is 1. The number of nitrogens with zero attached hydrogens (tertiary/aromatic N) is 2. The summed E-state index contributed by atoms with van der Waals surface area (Å²) < 4.78 is 0. The second-order valence-electron chi connectivity index (χ2n) is 5.55. The molecule has 106 valence electrons. The van der Waals surface area contributed by atoms with Crippen molar-refractivity contribution in [3.8, 4) is 0 Å². The summed E-state index contributed by atoms with van der Waals surface area (Å²) in [4.78, 5) is 4.91. The molecule has 1 N–H and O–H groups in total. The highest BCUT2D eigenvalue weighted by Crippen LogP contribution is 2.25. The summed E-state index contributed by atoms with van der Waals surface area (Å²) in [5, 5.41) is 3.43. The summed E-state index contributed by atoms with van der Waals surface area (Å²) in [6.45, 7) is 6.56. The molecule has 0 amide bonds. The van der Waals surface area contributed by atoms with Crippen LogP contribution in [0.4, 0.5) is 5.69 Å². The van der Waals surface area contributed by atoms with Crippen molar-refractivity contribution in [3.05, 3.63) is 29.8 Å². The van der Waals surface area contributed by atoms with Crippen LogP contribution < -0.4 is 10.2 Å². The molecule has 0 spiro atoms. The van der Waals surface area contributed by atoms with Crippen molar-refractivity contribution < 1.29 is 0 Å². The van der Waals surface area contributed by atoms with Gasteiger partial charge in [-0.15, -0.1) is 0 Å². The number of benzene rings is 1. The Kier molecular flexibility index (Phi) is 5.23. The van der Waals surface area contributed by atoms with E-state index in [0.717, 1.165) is 13.1 Å². The van der Waals surface area contributed by atoms with Crippen LogP contribution in [0.25, 0.3) is 0 Å². The van der Waals surface area contributed by atoms with E-state index in [1.165, 1.54) is 37.2 Å². The zero-order valence-corrected chi connectivity index (χ0v) is 12.5. The quantitative estimate of drug-likeness (QED) is 0.877. The van der Waals surface area contributed by atoms with Crippen LogP contribution in [0.15, 0.2) is 24.3 Å². The van der Waals surface area contributed by atoms with E-state index >= 15 is 0 Å². The number of rotatable bonds is 5. The molecule has 1 heterocycles. The maximum Gasteiger partial charge on any atom is 0.0411 e. The lowest BCUT2D eigenvalue weighted by molar-refractivity contribution is 0.252. The molecule has 1 saturated heterocycles. The van der Waals surface area contributed by atoms with Gasteiger partial charge in [-0.25, -0.2) is 0 Å². The summed E-state index contributed by atoms with van der Waals surface area (Å²) in [6.07, 6.45) is 2.53. The monoisotopic (exact) mass is 261 g/mol. The fraction of sp³-hybridized carbons (Fsp3) is 0.625. The predicted octanol–water partition coefficient (Wildman–Crippen LogP) is 2.33. The Morgan fingerprint density at radius 2 is 1.95 bits per heavy atom. The van der Waals surface area contributed by atoms with Crippen LogP contribution in [-0.4, -0.2) is 44.7 Å². The molecule has 0 unspecified atom stereocenters. The maximum absolute atomic E-state index is 3.43. The van der Waals surface area contributed by atoms with Gasteiger partial charge in [-0.1, -0.05) is 25.1 Å². The molecule has 1 fully saturated rings. The Morgan fingerprint density at radius 1 is 1.26 bits per heavy atom. The van der Waals surface area contributed by atoms with Crippen molar-refractivity contribution in [3.63, 3.8) is 0 Å². The summed E-state index contributed by atoms with van der Waals surface area (Å²) in [6, 6.07) is 9.46. The summed E-state index contributed by atoms with van der Waals surface area (Å²) in [7, 11) is 4.47. The van der Waals surface area contributed by atoms with Gasteiger partial charge in [0.1, 0.15) is 0 Å². The Balaban J connectivity index is 2.07. The second-order valence-corrected chi connectivity index (χ2v) is 5.55. The number of hydrogen-bond donors (Lipinski definition) is 1. The van der Waals surface area contributed by atoms with Crippen molar-refractivity contribution in [2.24, 2.45) is 0 Å². The third-order valence-electron chi connectivity index (χ3n) is 4.17. The minimum absolute atomic E-state index is 0.680. The van der Waals surface area contributed by atoms with Gasteiger partial charge in [0.05, 0.1) is 0 Å². The molecular formula is C16H27N3. The summed E-state index contributed by atoms with van der Waals surface area (Å²) in [5.41, 5.74) is 2.80. The lowest BCUT2D eigenvalue weighted by atomic mass is 10.0. The van der Waals surface area contributed by atoms with Gasteiger partial charge in [0.15, 0.2) is 0 Å². The van der Waals surface area contributed by atoms with Gasteiger partial charge in [0.25, 0.3) is 0 Å². The van der Waals surface area contributed by atoms with Crippen molar-refractivity contribution in [1.82, 2.24) is 10.2 Å². The van der Waals surface area contributed by atoms with E-state index in [1.54, 1.807) is 0 Å². The molecule has 1 aromatic rings. The Bertz CT molecular complexity index is 383. The SMILES string of the molecule is CCNCc1ccccc1N(C)C1CCN(C)CC1. The smallest absolute Gasteiger partial charge is 0.0411 e. The zero-order chi connectivity index (χ0) is 13.7. The normalized spacial score (nSPS) is 17.6. The van der Waals surface area contributed by atoms with E-state index < -0.39 is 0 Å². The molecule has 19 heavy (non-hydrogen) atoms. The van der Waals surface area contributed by atoms with Crippen molar-refractivity contribution in [2.75, 3.05) is 38.6 Å². The minimum atomic E-state index is 0.680. The van der Waals surface area contributed by atoms with Crippen LogP contribution in [0, 0.1) is 0 Å². The average molecular weight is 261 g/mol. The van der Waals surface area contributed by atoms with Crippen LogP contribution in [0.5, 0.6) is 0 Å². The minimum Gasteiger partial charge on any atom is -0.371 e. The van der Waals surface area contributed by atoms with Gasteiger partial charge < -0.3 is 15.1 Å². The van der Waals surface area contributed by atoms with Crippen molar-refractivity contribution in [1.29, 1.82) is 0 Å². The maximum atomic E-state index is 3.43. The van der Waals surface area contributed by atoms with Gasteiger partial charge in [0, 0.05) is 25.3 Å². The molecule has 0 aromatic heterocycles. The molecule has 2 rings (SSSR count). The van der Waals surface area contributed by atoms with E-state index in [4.69, 9.17) is 0 Å². The molecule has 1 aliphatic rings. The highest BCUT2D eigenvalue weighted by molar-refractivity contribution is 5.53. The van der Waals surface area contributed by atoms with Gasteiger partial charge in [-0.3, -0.25) is 0 Å². The predicted molar refractivity (Wildman–Crippen MR) is 82.7 cm³/mol. The number of anilines is 1. The molecule has 0 atom stereocenters. The third-order valence-corrected chi connectivity index (χ3v) is 4.17. The topological polar surface area (TPSA) is 18.5 Å². The first-order chi connectivity index (χ1) is 9.22. The zero-order valence-electron chi connectivity index (χ0n) is 12.5. The van der Waals surface area contributed by atoms with E-state index in [2.05, 4.69) is 60.4 Å². The summed E-state index contributed by atoms with van der Waals surface area (Å²) in [5.74, 6) is 0. The number of nitrogens with one attached hydrogen (secondary N) is 1. The average Bonchev–Trinajstić information content (AvgIpc) is 2.45. The lowest BCUT2D eigenvalue weighted by Gasteiger charge is -2.37. The highest BCUT2D eigenvalue weighted by Gasteiger charge is 2.21. The van der Waals surface area contributed by atoms with Crippen molar-refractivity contribution >= 4 is 5.69 Å². The van der Waals surface area contributed by atoms with Crippen LogP contribution in [-0.2, 0) is 6.54 Å². The van der Waals surface area contributed by atoms with Crippen LogP contribution in [0.1, 0.15) is 25.3 Å². The summed E-state index contributed by atoms with van der Waals surface area (Å²) >= 11 is 0. The highest BCUT2D eigenvalue weighted by atomic mass is 15.2. The third kappa shape index (κ3) is 3.71. The van der Waals surface area contributed by atoms with E-state index in [0.29, 0.717) is 6.04 Å². The Labute approximate surface area is 117 Å². The molecule has 0 saturated carbocycles. The number of piperidine rings is 1. The van der Waals surface area contributed by atoms with Crippen molar-refractivity contribution in [2.45, 2.75) is 32.4 Å². The fourth-order valence-electron chi connectivity index (χ4n) is 2.84. The van der Waals surface area contributed by atoms with Crippen LogP contribution >= 0.6 is 0 Å². The largest absolute Gasteiger partial charge is 0.371 e. The molecular weight excluding hydrogens is 234 g/mol. The molecule has 0 radical (unpaired) electrons. The molecule has 1 aromatic carbocycles. The van der Waals surface area contributed by atoms with Crippen LogP contribution in [0.2, 0.25) is 0 Å². The van der Waals surface area contributed by atoms with E-state index in [1.807, 2.05) is 0 Å².